The lowest BCUT2D eigenvalue weighted by molar-refractivity contribution is -0.143. The third kappa shape index (κ3) is 10.1. The number of nitrogens with two attached hydrogens (primary N) is 1. The number of aryl methyl sites for hydroxylation is 1. The van der Waals surface area contributed by atoms with Crippen molar-refractivity contribution in [1.82, 2.24) is 4.90 Å². The van der Waals surface area contributed by atoms with E-state index in [9.17, 15) is 14.4 Å². The number of esters is 1. The van der Waals surface area contributed by atoms with E-state index in [1.165, 1.54) is 64.0 Å². The van der Waals surface area contributed by atoms with E-state index in [2.05, 4.69) is 6.92 Å². The number of carbonyl (C=O) groups is 3. The van der Waals surface area contributed by atoms with Crippen LogP contribution in [-0.4, -0.2) is 42.3 Å². The van der Waals surface area contributed by atoms with Crippen LogP contribution in [0.5, 0.6) is 0 Å². The number of benzene rings is 1. The summed E-state index contributed by atoms with van der Waals surface area (Å²) in [5.74, 6) is -1.31. The molecule has 0 aliphatic carbocycles. The molecule has 0 saturated carbocycles. The van der Waals surface area contributed by atoms with E-state index in [0.717, 1.165) is 18.4 Å². The van der Waals surface area contributed by atoms with Gasteiger partial charge in [-0.15, -0.1) is 0 Å². The summed E-state index contributed by atoms with van der Waals surface area (Å²) in [6.45, 7) is 4.59. The Morgan fingerprint density at radius 3 is 2.20 bits per heavy atom. The summed E-state index contributed by atoms with van der Waals surface area (Å²) in [5, 5.41) is 0. The maximum atomic E-state index is 13.2. The minimum Gasteiger partial charge on any atom is -0.465 e. The number of Topliss-reactive ketones (excluding diaryl/α,β-unsaturated/α-hetero) is 1. The summed E-state index contributed by atoms with van der Waals surface area (Å²) in [6, 6.07) is 7.63. The first kappa shape index (κ1) is 28.3. The molecule has 0 fully saturated rings. The number of amides is 1. The Morgan fingerprint density at radius 1 is 0.914 bits per heavy atom. The number of rotatable bonds is 17. The standard InChI is InChI=1S/C29H42N2O4/c1-3-5-6-7-8-9-10-11-12-13-15-23-16-14-17-24(20-23)28(33)25-18-19-31(21-26(25)29(30)34)22-27(32)35-4-2/h14,16-18,20-21H,3-13,15,19,22H2,1-2H3,(H2,30,34). The predicted molar refractivity (Wildman–Crippen MR) is 140 cm³/mol. The molecular weight excluding hydrogens is 440 g/mol. The van der Waals surface area contributed by atoms with Gasteiger partial charge in [0.05, 0.1) is 12.2 Å². The second-order valence-corrected chi connectivity index (χ2v) is 9.22. The smallest absolute Gasteiger partial charge is 0.325 e. The molecule has 1 aliphatic rings. The van der Waals surface area contributed by atoms with Gasteiger partial charge in [-0.3, -0.25) is 14.4 Å². The van der Waals surface area contributed by atoms with Crippen molar-refractivity contribution in [2.24, 2.45) is 5.73 Å². The van der Waals surface area contributed by atoms with Gasteiger partial charge in [-0.05, 0) is 31.4 Å². The van der Waals surface area contributed by atoms with E-state index < -0.39 is 11.9 Å². The SMILES string of the molecule is CCCCCCCCCCCCc1cccc(C(=O)C2=CCN(CC(=O)OCC)C=C2C(N)=O)c1. The number of ether oxygens (including phenoxy) is 1. The molecule has 1 amide bonds. The quantitative estimate of drug-likeness (QED) is 0.180. The minimum absolute atomic E-state index is 0.00304. The molecular formula is C29H42N2O4. The van der Waals surface area contributed by atoms with E-state index in [0.29, 0.717) is 12.1 Å². The average molecular weight is 483 g/mol. The summed E-state index contributed by atoms with van der Waals surface area (Å²) >= 11 is 0. The lowest BCUT2D eigenvalue weighted by atomic mass is 9.93. The highest BCUT2D eigenvalue weighted by molar-refractivity contribution is 6.18. The van der Waals surface area contributed by atoms with Gasteiger partial charge in [-0.2, -0.15) is 0 Å². The van der Waals surface area contributed by atoms with Gasteiger partial charge < -0.3 is 15.4 Å². The highest BCUT2D eigenvalue weighted by atomic mass is 16.5. The van der Waals surface area contributed by atoms with Gasteiger partial charge in [-0.25, -0.2) is 0 Å². The molecule has 0 aromatic heterocycles. The molecule has 0 saturated heterocycles. The van der Waals surface area contributed by atoms with Gasteiger partial charge in [0.25, 0.3) is 5.91 Å². The topological polar surface area (TPSA) is 89.7 Å². The molecule has 0 atom stereocenters. The molecule has 0 unspecified atom stereocenters. The number of carbonyl (C=O) groups excluding carboxylic acids is 3. The first-order valence-corrected chi connectivity index (χ1v) is 13.2. The van der Waals surface area contributed by atoms with Crippen molar-refractivity contribution >= 4 is 17.7 Å². The molecule has 35 heavy (non-hydrogen) atoms. The molecule has 6 heteroatoms. The van der Waals surface area contributed by atoms with Crippen LogP contribution in [0.1, 0.15) is 94.0 Å². The summed E-state index contributed by atoms with van der Waals surface area (Å²) < 4.78 is 4.96. The van der Waals surface area contributed by atoms with Crippen molar-refractivity contribution in [3.8, 4) is 0 Å². The van der Waals surface area contributed by atoms with E-state index in [-0.39, 0.29) is 30.1 Å². The number of unbranched alkanes of at least 4 members (excludes halogenated alkanes) is 9. The third-order valence-electron chi connectivity index (χ3n) is 6.29. The summed E-state index contributed by atoms with van der Waals surface area (Å²) in [7, 11) is 0. The Hall–Kier alpha value is -2.89. The van der Waals surface area contributed by atoms with Gasteiger partial charge in [-0.1, -0.05) is 89.0 Å². The second-order valence-electron chi connectivity index (χ2n) is 9.22. The Bertz CT molecular complexity index is 904. The Kier molecular flexibility index (Phi) is 12.9. The first-order valence-electron chi connectivity index (χ1n) is 13.2. The van der Waals surface area contributed by atoms with Crippen LogP contribution in [0.4, 0.5) is 0 Å². The van der Waals surface area contributed by atoms with Crippen LogP contribution in [-0.2, 0) is 20.7 Å². The Morgan fingerprint density at radius 2 is 1.57 bits per heavy atom. The van der Waals surface area contributed by atoms with Crippen LogP contribution in [0.15, 0.2) is 47.7 Å². The van der Waals surface area contributed by atoms with Crippen LogP contribution in [0.3, 0.4) is 0 Å². The zero-order valence-electron chi connectivity index (χ0n) is 21.5. The lowest BCUT2D eigenvalue weighted by Crippen LogP contribution is -2.33. The van der Waals surface area contributed by atoms with Crippen molar-refractivity contribution in [1.29, 1.82) is 0 Å². The highest BCUT2D eigenvalue weighted by Gasteiger charge is 2.25. The van der Waals surface area contributed by atoms with Crippen molar-refractivity contribution in [3.63, 3.8) is 0 Å². The Balaban J connectivity index is 1.86. The normalized spacial score (nSPS) is 13.3. The fourth-order valence-corrected chi connectivity index (χ4v) is 4.36. The van der Waals surface area contributed by atoms with Gasteiger partial charge >= 0.3 is 5.97 Å². The molecule has 1 aliphatic heterocycles. The molecule has 1 aromatic rings. The third-order valence-corrected chi connectivity index (χ3v) is 6.29. The molecule has 0 spiro atoms. The van der Waals surface area contributed by atoms with Crippen molar-refractivity contribution in [2.75, 3.05) is 19.7 Å². The summed E-state index contributed by atoms with van der Waals surface area (Å²) in [5.41, 5.74) is 7.63. The van der Waals surface area contributed by atoms with Gasteiger partial charge in [0.15, 0.2) is 5.78 Å². The first-order chi connectivity index (χ1) is 17.0. The zero-order valence-corrected chi connectivity index (χ0v) is 21.5. The fraction of sp³-hybridized carbons (Fsp3) is 0.552. The number of nitrogens with zero attached hydrogens (tertiary/aromatic N) is 1. The van der Waals surface area contributed by atoms with E-state index in [1.807, 2.05) is 18.2 Å². The highest BCUT2D eigenvalue weighted by Crippen LogP contribution is 2.22. The fourth-order valence-electron chi connectivity index (χ4n) is 4.36. The number of hydrogen-bond donors (Lipinski definition) is 1. The molecule has 1 aromatic carbocycles. The van der Waals surface area contributed by atoms with Crippen LogP contribution in [0, 0.1) is 0 Å². The molecule has 0 bridgehead atoms. The predicted octanol–water partition coefficient (Wildman–Crippen LogP) is 5.51. The van der Waals surface area contributed by atoms with Crippen LogP contribution in [0.2, 0.25) is 0 Å². The van der Waals surface area contributed by atoms with Crippen LogP contribution >= 0.6 is 0 Å². The molecule has 2 N–H and O–H groups in total. The number of hydrogen-bond acceptors (Lipinski definition) is 5. The van der Waals surface area contributed by atoms with Gasteiger partial charge in [0, 0.05) is 23.9 Å². The summed E-state index contributed by atoms with van der Waals surface area (Å²) in [6.07, 6.45) is 17.0. The number of primary amides is 1. The van der Waals surface area contributed by atoms with E-state index in [4.69, 9.17) is 10.5 Å². The largest absolute Gasteiger partial charge is 0.465 e. The molecule has 192 valence electrons. The van der Waals surface area contributed by atoms with E-state index >= 15 is 0 Å². The molecule has 6 nitrogen and oxygen atoms in total. The van der Waals surface area contributed by atoms with Crippen molar-refractivity contribution in [3.05, 3.63) is 58.8 Å². The van der Waals surface area contributed by atoms with Crippen LogP contribution < -0.4 is 5.73 Å². The molecule has 0 radical (unpaired) electrons. The van der Waals surface area contributed by atoms with Crippen molar-refractivity contribution < 1.29 is 19.1 Å². The minimum atomic E-state index is -0.695. The van der Waals surface area contributed by atoms with Gasteiger partial charge in [0.2, 0.25) is 0 Å². The summed E-state index contributed by atoms with van der Waals surface area (Å²) in [4.78, 5) is 38.7. The van der Waals surface area contributed by atoms with Crippen LogP contribution in [0.25, 0.3) is 0 Å². The lowest BCUT2D eigenvalue weighted by Gasteiger charge is -2.24. The maximum Gasteiger partial charge on any atom is 0.325 e. The average Bonchev–Trinajstić information content (AvgIpc) is 2.85. The maximum absolute atomic E-state index is 13.2. The molecule has 2 rings (SSSR count). The zero-order chi connectivity index (χ0) is 25.5. The molecule has 1 heterocycles. The monoisotopic (exact) mass is 482 g/mol. The van der Waals surface area contributed by atoms with Crippen molar-refractivity contribution in [2.45, 2.75) is 84.5 Å². The Labute approximate surface area is 210 Å². The van der Waals surface area contributed by atoms with Gasteiger partial charge in [0.1, 0.15) is 6.54 Å². The second kappa shape index (κ2) is 15.9. The number of ketones is 1. The van der Waals surface area contributed by atoms with E-state index in [1.54, 1.807) is 24.0 Å².